The second-order valence-electron chi connectivity index (χ2n) is 24.7. The Hall–Kier alpha value is 1.52. The van der Waals surface area contributed by atoms with Crippen molar-refractivity contribution >= 4 is 49.8 Å². The summed E-state index contributed by atoms with van der Waals surface area (Å²) in [5.41, 5.74) is 7.65. The van der Waals surface area contributed by atoms with Crippen LogP contribution in [0.2, 0.25) is 63.7 Å². The lowest BCUT2D eigenvalue weighted by molar-refractivity contribution is 0.356. The Morgan fingerprint density at radius 2 is 0.562 bits per heavy atom. The summed E-state index contributed by atoms with van der Waals surface area (Å²) in [6, 6.07) is 0. The quantitative estimate of drug-likeness (QED) is 0.215. The summed E-state index contributed by atoms with van der Waals surface area (Å²) in [6.45, 7) is 79.8. The van der Waals surface area contributed by atoms with E-state index in [2.05, 4.69) is 194 Å². The second kappa shape index (κ2) is 11.5. The first-order valence-electron chi connectivity index (χ1n) is 21.0. The van der Waals surface area contributed by atoms with Crippen LogP contribution in [0.1, 0.15) is 194 Å². The van der Waals surface area contributed by atoms with Crippen molar-refractivity contribution in [2.75, 3.05) is 0 Å². The Bertz CT molecular complexity index is 991. The molecule has 0 saturated carbocycles. The van der Waals surface area contributed by atoms with E-state index in [-0.39, 0.29) is 0 Å². The van der Waals surface area contributed by atoms with Crippen LogP contribution in [0.5, 0.6) is 0 Å². The van der Waals surface area contributed by atoms with E-state index in [0.29, 0.717) is 24.8 Å². The molecule has 3 heterocycles. The van der Waals surface area contributed by atoms with E-state index in [9.17, 15) is 0 Å². The first-order valence-corrected chi connectivity index (χ1v) is 42.7. The summed E-state index contributed by atoms with van der Waals surface area (Å²) in [6.07, 6.45) is 0. The minimum atomic E-state index is -2.06. The maximum Gasteiger partial charge on any atom is 0.0512 e. The largest absolute Gasteiger partial charge is 0.0656 e. The van der Waals surface area contributed by atoms with Gasteiger partial charge >= 0.3 is 0 Å². The van der Waals surface area contributed by atoms with Crippen LogP contribution in [0, 0.1) is 5.41 Å². The van der Waals surface area contributed by atoms with Crippen LogP contribution in [0.25, 0.3) is 0 Å². The molecule has 0 nitrogen and oxygen atoms in total. The van der Waals surface area contributed by atoms with Crippen molar-refractivity contribution in [1.29, 1.82) is 0 Å². The Morgan fingerprint density at radius 3 is 0.729 bits per heavy atom. The number of hydrogen-bond acceptors (Lipinski definition) is 0. The highest BCUT2D eigenvalue weighted by Gasteiger charge is 3.20. The van der Waals surface area contributed by atoms with Crippen molar-refractivity contribution in [3.63, 3.8) is 0 Å². The fourth-order valence-electron chi connectivity index (χ4n) is 21.6. The molecule has 0 aromatic carbocycles. The van der Waals surface area contributed by atoms with E-state index in [0.717, 1.165) is 44.3 Å². The maximum atomic E-state index is 2.98. The van der Waals surface area contributed by atoms with Gasteiger partial charge in [-0.3, -0.25) is 0 Å². The summed E-state index contributed by atoms with van der Waals surface area (Å²) in [7, 11) is -11.8. The maximum absolute atomic E-state index is 2.98. The molecule has 0 spiro atoms. The molecule has 4 atom stereocenters. The molecule has 3 aliphatic rings. The van der Waals surface area contributed by atoms with Gasteiger partial charge in [0.1, 0.15) is 0 Å². The fraction of sp³-hybridized carbons (Fsp3) is 1.00. The molecular weight excluding hydrogens is 689 g/mol. The van der Waals surface area contributed by atoms with Crippen molar-refractivity contribution in [2.24, 2.45) is 5.41 Å². The van der Waals surface area contributed by atoms with E-state index >= 15 is 0 Å². The van der Waals surface area contributed by atoms with E-state index in [1.54, 1.807) is 0 Å². The Labute approximate surface area is 311 Å². The summed E-state index contributed by atoms with van der Waals surface area (Å²) in [5, 5.41) is 1.40. The molecule has 284 valence electrons. The van der Waals surface area contributed by atoms with Crippen molar-refractivity contribution in [3.8, 4) is 0 Å². The van der Waals surface area contributed by atoms with E-state index in [1.807, 2.05) is 0 Å². The molecule has 0 aromatic heterocycles. The third-order valence-electron chi connectivity index (χ3n) is 17.9. The Balaban J connectivity index is 3.28. The smallest absolute Gasteiger partial charge is 0.0512 e. The van der Waals surface area contributed by atoms with Gasteiger partial charge in [0.15, 0.2) is 0 Å². The van der Waals surface area contributed by atoms with Crippen LogP contribution in [0.15, 0.2) is 0 Å². The third-order valence-corrected chi connectivity index (χ3v) is 217. The highest BCUT2D eigenvalue weighted by Crippen LogP contribution is 3.05. The number of hydrogen-bond donors (Lipinski definition) is 0. The number of rotatable bonds is 8. The molecule has 3 fully saturated rings. The normalized spacial score (nSPS) is 34.2. The Kier molecular flexibility index (Phi) is 10.5. The molecule has 0 radical (unpaired) electrons. The molecule has 3 saturated heterocycles. The number of fused-ring (bicyclic) bond motifs is 4. The van der Waals surface area contributed by atoms with Gasteiger partial charge in [-0.25, -0.2) is 0 Å². The fourth-order valence-corrected chi connectivity index (χ4v) is 445. The summed E-state index contributed by atoms with van der Waals surface area (Å²) in [5.74, 6) is 0. The Morgan fingerprint density at radius 1 is 0.312 bits per heavy atom. The molecule has 3 aliphatic heterocycles. The molecule has 0 N–H and O–H groups in total. The minimum absolute atomic E-state index is 0.380. The second-order valence-corrected chi connectivity index (χ2v) is 98.8. The van der Waals surface area contributed by atoms with Crippen molar-refractivity contribution < 1.29 is 0 Å². The third kappa shape index (κ3) is 3.34. The van der Waals surface area contributed by atoms with Gasteiger partial charge < -0.3 is 0 Å². The lowest BCUT2D eigenvalue weighted by Gasteiger charge is -3.16. The molecule has 0 amide bonds. The van der Waals surface area contributed by atoms with E-state index < -0.39 is 49.8 Å². The lowest BCUT2D eigenvalue weighted by Crippen LogP contribution is -3.37. The average Bonchev–Trinajstić information content (AvgIpc) is 2.76. The van der Waals surface area contributed by atoms with Crippen LogP contribution < -0.4 is 0 Å². The summed E-state index contributed by atoms with van der Waals surface area (Å²) < 4.78 is 0.708. The molecule has 4 unspecified atom stereocenters. The molecule has 48 heavy (non-hydrogen) atoms. The molecule has 0 aliphatic carbocycles. The molecular formula is C41H92Si7. The first-order chi connectivity index (χ1) is 21.0. The van der Waals surface area contributed by atoms with Gasteiger partial charge in [-0.05, 0) is 24.8 Å². The van der Waals surface area contributed by atoms with Crippen LogP contribution in [0.3, 0.4) is 0 Å². The predicted molar refractivity (Wildman–Crippen MR) is 242 cm³/mol. The zero-order valence-corrected chi connectivity index (χ0v) is 45.6. The van der Waals surface area contributed by atoms with Crippen molar-refractivity contribution in [1.82, 2.24) is 0 Å². The van der Waals surface area contributed by atoms with Gasteiger partial charge in [-0.15, -0.1) is 0 Å². The topological polar surface area (TPSA) is 0 Å². The predicted octanol–water partition coefficient (Wildman–Crippen LogP) is 15.3. The van der Waals surface area contributed by atoms with Gasteiger partial charge in [0.25, 0.3) is 0 Å². The lowest BCUT2D eigenvalue weighted by atomic mass is 9.99. The van der Waals surface area contributed by atoms with Gasteiger partial charge in [0.2, 0.25) is 0 Å². The molecule has 3 rings (SSSR count). The van der Waals surface area contributed by atoms with E-state index in [4.69, 9.17) is 0 Å². The van der Waals surface area contributed by atoms with Crippen molar-refractivity contribution in [2.45, 2.75) is 258 Å². The first kappa shape index (κ1) is 43.9. The summed E-state index contributed by atoms with van der Waals surface area (Å²) in [4.78, 5) is 0. The van der Waals surface area contributed by atoms with E-state index in [1.165, 1.54) is 0 Å². The molecule has 0 bridgehead atoms. The van der Waals surface area contributed by atoms with Crippen LogP contribution in [0.4, 0.5) is 0 Å². The van der Waals surface area contributed by atoms with Crippen LogP contribution in [-0.2, 0) is 0 Å². The SMILES string of the molecule is CC(C)[Si]1(C(C)C)C2(C(C)(C)C)[Si](C(C)(C)C)([Si]1(C(C)C)C(C)C)[Si]1(C(C)(C)C)[Si](C(C)C)(C(C)C)[Si](C(C)C)(C(C)C)[Si]21C(C)(C)C. The minimum Gasteiger partial charge on any atom is -0.0656 e. The average molecular weight is 782 g/mol. The van der Waals surface area contributed by atoms with Crippen LogP contribution in [-0.4, -0.2) is 49.8 Å². The molecule has 7 heteroatoms. The summed E-state index contributed by atoms with van der Waals surface area (Å²) >= 11 is 0. The highest BCUT2D eigenvalue weighted by atomic mass is 30.4. The van der Waals surface area contributed by atoms with Crippen molar-refractivity contribution in [3.05, 3.63) is 0 Å². The highest BCUT2D eigenvalue weighted by molar-refractivity contribution is 8.38. The van der Waals surface area contributed by atoms with Crippen LogP contribution >= 0.6 is 0 Å². The van der Waals surface area contributed by atoms with Gasteiger partial charge in [0, 0.05) is 42.2 Å². The van der Waals surface area contributed by atoms with Gasteiger partial charge in [-0.2, -0.15) is 0 Å². The zero-order chi connectivity index (χ0) is 38.6. The van der Waals surface area contributed by atoms with Gasteiger partial charge in [0.05, 0.1) is 7.59 Å². The monoisotopic (exact) mass is 781 g/mol. The molecule has 0 aromatic rings. The van der Waals surface area contributed by atoms with Gasteiger partial charge in [-0.1, -0.05) is 238 Å². The standard InChI is InChI=1S/C41H92Si7/c1-29(2)42(30(3)4)41(37(17,18)19)46(38(20,21)22,43(42,31(5)6)32(7)8)48(40(26,27)28)45(35(13)14,36(15)16)44(33(9)10,34(11)12)47(41,48)39(23,24)25/h29-36H,1-28H3. The zero-order valence-electron chi connectivity index (χ0n) is 38.6.